The van der Waals surface area contributed by atoms with Crippen LogP contribution in [0, 0.1) is 17.6 Å². The van der Waals surface area contributed by atoms with Gasteiger partial charge in [-0.25, -0.2) is 18.8 Å². The van der Waals surface area contributed by atoms with Crippen molar-refractivity contribution in [1.29, 1.82) is 0 Å². The maximum Gasteiger partial charge on any atom is 0.275 e. The zero-order valence-corrected chi connectivity index (χ0v) is 18.0. The first-order valence-corrected chi connectivity index (χ1v) is 10.4. The predicted molar refractivity (Wildman–Crippen MR) is 119 cm³/mol. The van der Waals surface area contributed by atoms with E-state index in [2.05, 4.69) is 10.4 Å². The van der Waals surface area contributed by atoms with Crippen molar-refractivity contribution < 1.29 is 23.0 Å². The molecule has 8 heteroatoms. The Bertz CT molecular complexity index is 1280. The van der Waals surface area contributed by atoms with Crippen molar-refractivity contribution in [2.24, 2.45) is 10.9 Å². The number of rotatable bonds is 4. The summed E-state index contributed by atoms with van der Waals surface area (Å²) < 4.78 is 39.1. The number of halogens is 2. The number of amides is 1. The van der Waals surface area contributed by atoms with Crippen LogP contribution in [0.1, 0.15) is 27.5 Å². The van der Waals surface area contributed by atoms with Gasteiger partial charge in [-0.05, 0) is 60.0 Å². The van der Waals surface area contributed by atoms with E-state index in [1.165, 1.54) is 35.3 Å². The molecular weight excluding hydrogens is 428 g/mol. The second kappa shape index (κ2) is 8.20. The summed E-state index contributed by atoms with van der Waals surface area (Å²) in [7, 11) is 3.11. The number of amidine groups is 1. The molecule has 0 bridgehead atoms. The van der Waals surface area contributed by atoms with Gasteiger partial charge >= 0.3 is 0 Å². The monoisotopic (exact) mass is 449 g/mol. The Hall–Kier alpha value is -3.94. The van der Waals surface area contributed by atoms with Crippen LogP contribution < -0.4 is 14.9 Å². The van der Waals surface area contributed by atoms with Gasteiger partial charge in [0.15, 0.2) is 11.5 Å². The normalized spacial score (nSPS) is 19.8. The number of methoxy groups -OCH3 is 2. The van der Waals surface area contributed by atoms with Crippen LogP contribution in [0.15, 0.2) is 65.7 Å². The summed E-state index contributed by atoms with van der Waals surface area (Å²) in [5, 5.41) is 1.40. The van der Waals surface area contributed by atoms with Crippen molar-refractivity contribution in [1.82, 2.24) is 10.4 Å². The van der Waals surface area contributed by atoms with Crippen molar-refractivity contribution in [3.63, 3.8) is 0 Å². The number of hydrogen-bond donors (Lipinski definition) is 1. The van der Waals surface area contributed by atoms with Gasteiger partial charge in [0.2, 0.25) is 0 Å². The molecule has 3 aromatic rings. The Labute approximate surface area is 189 Å². The average molecular weight is 449 g/mol. The summed E-state index contributed by atoms with van der Waals surface area (Å²) in [5.41, 5.74) is 5.27. The van der Waals surface area contributed by atoms with E-state index in [0.717, 1.165) is 11.1 Å². The lowest BCUT2D eigenvalue weighted by Crippen LogP contribution is -2.40. The molecule has 2 atom stereocenters. The maximum atomic E-state index is 14.5. The number of nitrogens with one attached hydrogen (secondary N) is 1. The minimum Gasteiger partial charge on any atom is -0.493 e. The summed E-state index contributed by atoms with van der Waals surface area (Å²) in [6.07, 6.45) is 0.572. The highest BCUT2D eigenvalue weighted by molar-refractivity contribution is 6.00. The molecule has 33 heavy (non-hydrogen) atoms. The first kappa shape index (κ1) is 20.9. The van der Waals surface area contributed by atoms with Crippen LogP contribution >= 0.6 is 0 Å². The molecule has 1 saturated heterocycles. The van der Waals surface area contributed by atoms with E-state index in [-0.39, 0.29) is 11.5 Å². The van der Waals surface area contributed by atoms with Crippen molar-refractivity contribution in [3.05, 3.63) is 89.0 Å². The van der Waals surface area contributed by atoms with E-state index < -0.39 is 23.6 Å². The van der Waals surface area contributed by atoms with Crippen LogP contribution in [0.5, 0.6) is 11.5 Å². The minimum atomic E-state index is -0.609. The number of hydrazine groups is 1. The summed E-state index contributed by atoms with van der Waals surface area (Å²) >= 11 is 0. The topological polar surface area (TPSA) is 63.2 Å². The van der Waals surface area contributed by atoms with Gasteiger partial charge in [-0.2, -0.15) is 0 Å². The number of hydrogen-bond acceptors (Lipinski definition) is 4. The van der Waals surface area contributed by atoms with Gasteiger partial charge in [0.1, 0.15) is 17.5 Å². The number of carbonyl (C=O) groups excluding carboxylic acids is 1. The molecule has 6 nitrogen and oxygen atoms in total. The smallest absolute Gasteiger partial charge is 0.275 e. The standard InChI is InChI=1S/C25H21F2N3O3/c1-32-21-11-14-10-19-23(18(14)13-22(21)33-2)30(25(31)17-8-3-4-9-20(17)27)29-24(19)28-16-7-5-6-15(26)12-16/h3-9,11-13,19,23H,10H2,1-2H3,(H,28,29). The molecule has 1 N–H and O–H groups in total. The minimum absolute atomic E-state index is 0.0512. The molecule has 0 saturated carbocycles. The number of aliphatic imine (C=N–C) groups is 1. The molecule has 1 aliphatic heterocycles. The molecule has 2 unspecified atom stereocenters. The molecular formula is C25H21F2N3O3. The lowest BCUT2D eigenvalue weighted by molar-refractivity contribution is 0.0644. The lowest BCUT2D eigenvalue weighted by Gasteiger charge is -2.24. The molecule has 1 amide bonds. The van der Waals surface area contributed by atoms with Crippen molar-refractivity contribution >= 4 is 17.4 Å². The van der Waals surface area contributed by atoms with Gasteiger partial charge < -0.3 is 9.47 Å². The Balaban J connectivity index is 1.62. The quantitative estimate of drug-likeness (QED) is 0.633. The fourth-order valence-electron chi connectivity index (χ4n) is 4.53. The maximum absolute atomic E-state index is 14.5. The Morgan fingerprint density at radius 2 is 1.79 bits per heavy atom. The van der Waals surface area contributed by atoms with Gasteiger partial charge in [0, 0.05) is 5.92 Å². The largest absolute Gasteiger partial charge is 0.493 e. The summed E-state index contributed by atoms with van der Waals surface area (Å²) in [6, 6.07) is 15.0. The Morgan fingerprint density at radius 1 is 1.03 bits per heavy atom. The van der Waals surface area contributed by atoms with Crippen LogP contribution in [0.3, 0.4) is 0 Å². The van der Waals surface area contributed by atoms with E-state index in [9.17, 15) is 13.6 Å². The fourth-order valence-corrected chi connectivity index (χ4v) is 4.53. The Kier molecular flexibility index (Phi) is 5.20. The number of fused-ring (bicyclic) bond motifs is 3. The summed E-state index contributed by atoms with van der Waals surface area (Å²) in [5.74, 6) is -0.141. The molecule has 2 aliphatic rings. The molecule has 1 heterocycles. The van der Waals surface area contributed by atoms with E-state index >= 15 is 0 Å². The lowest BCUT2D eigenvalue weighted by atomic mass is 10.0. The molecule has 1 fully saturated rings. The van der Waals surface area contributed by atoms with E-state index in [1.54, 1.807) is 32.4 Å². The SMILES string of the molecule is COc1cc2c(cc1OC)C1C(C2)C(=Nc2cccc(F)c2)NN1C(=O)c1ccccc1F. The molecule has 168 valence electrons. The molecule has 5 rings (SSSR count). The zero-order valence-electron chi connectivity index (χ0n) is 18.0. The van der Waals surface area contributed by atoms with E-state index in [1.807, 2.05) is 12.1 Å². The second-order valence-electron chi connectivity index (χ2n) is 7.91. The van der Waals surface area contributed by atoms with Gasteiger partial charge in [0.25, 0.3) is 5.91 Å². The number of nitrogens with zero attached hydrogens (tertiary/aromatic N) is 2. The van der Waals surface area contributed by atoms with Gasteiger partial charge in [0.05, 0.1) is 31.5 Å². The predicted octanol–water partition coefficient (Wildman–Crippen LogP) is 4.59. The molecule has 0 radical (unpaired) electrons. The number of benzene rings is 3. The van der Waals surface area contributed by atoms with E-state index in [4.69, 9.17) is 9.47 Å². The summed E-state index contributed by atoms with van der Waals surface area (Å²) in [4.78, 5) is 18.0. The van der Waals surface area contributed by atoms with Crippen LogP contribution in [-0.4, -0.2) is 31.0 Å². The van der Waals surface area contributed by atoms with Gasteiger partial charge in [-0.1, -0.05) is 18.2 Å². The number of carbonyl (C=O) groups is 1. The molecule has 0 spiro atoms. The van der Waals surface area contributed by atoms with Crippen molar-refractivity contribution in [2.75, 3.05) is 14.2 Å². The highest BCUT2D eigenvalue weighted by Crippen LogP contribution is 2.48. The van der Waals surface area contributed by atoms with E-state index in [0.29, 0.717) is 29.4 Å². The zero-order chi connectivity index (χ0) is 23.1. The molecule has 1 aliphatic carbocycles. The fraction of sp³-hybridized carbons (Fsp3) is 0.200. The third kappa shape index (κ3) is 3.57. The van der Waals surface area contributed by atoms with Gasteiger partial charge in [-0.3, -0.25) is 10.2 Å². The van der Waals surface area contributed by atoms with Crippen molar-refractivity contribution in [2.45, 2.75) is 12.5 Å². The van der Waals surface area contributed by atoms with Gasteiger partial charge in [-0.15, -0.1) is 0 Å². The van der Waals surface area contributed by atoms with Crippen LogP contribution in [0.2, 0.25) is 0 Å². The van der Waals surface area contributed by atoms with Crippen LogP contribution in [-0.2, 0) is 6.42 Å². The highest BCUT2D eigenvalue weighted by atomic mass is 19.1. The highest BCUT2D eigenvalue weighted by Gasteiger charge is 2.48. The first-order chi connectivity index (χ1) is 16.0. The van der Waals surface area contributed by atoms with Crippen LogP contribution in [0.25, 0.3) is 0 Å². The molecule has 3 aromatic carbocycles. The first-order valence-electron chi connectivity index (χ1n) is 10.4. The number of ether oxygens (including phenoxy) is 2. The second-order valence-corrected chi connectivity index (χ2v) is 7.91. The van der Waals surface area contributed by atoms with Crippen molar-refractivity contribution in [3.8, 4) is 11.5 Å². The molecule has 0 aromatic heterocycles. The third-order valence-corrected chi connectivity index (χ3v) is 6.03. The summed E-state index contributed by atoms with van der Waals surface area (Å²) in [6.45, 7) is 0. The van der Waals surface area contributed by atoms with Crippen LogP contribution in [0.4, 0.5) is 14.5 Å². The average Bonchev–Trinajstić information content (AvgIpc) is 3.35. The third-order valence-electron chi connectivity index (χ3n) is 6.03. The Morgan fingerprint density at radius 3 is 2.52 bits per heavy atom.